The van der Waals surface area contributed by atoms with E-state index in [1.807, 2.05) is 12.3 Å². The van der Waals surface area contributed by atoms with Crippen molar-refractivity contribution in [1.82, 2.24) is 4.72 Å². The van der Waals surface area contributed by atoms with Crippen LogP contribution in [0.15, 0.2) is 23.1 Å². The molecule has 7 heteroatoms. The lowest BCUT2D eigenvalue weighted by Crippen LogP contribution is -2.38. The lowest BCUT2D eigenvalue weighted by Gasteiger charge is -2.26. The number of benzene rings is 1. The highest BCUT2D eigenvalue weighted by Gasteiger charge is 2.34. The molecule has 0 amide bonds. The van der Waals surface area contributed by atoms with E-state index in [0.717, 1.165) is 25.7 Å². The molecule has 114 valence electrons. The van der Waals surface area contributed by atoms with E-state index in [9.17, 15) is 8.42 Å². The summed E-state index contributed by atoms with van der Waals surface area (Å²) in [6.45, 7) is 0.425. The van der Waals surface area contributed by atoms with E-state index in [4.69, 9.17) is 16.9 Å². The highest BCUT2D eigenvalue weighted by Crippen LogP contribution is 2.39. The van der Waals surface area contributed by atoms with Crippen LogP contribution in [0.25, 0.3) is 0 Å². The number of thioether (sulfide) groups is 1. The molecule has 0 bridgehead atoms. The van der Waals surface area contributed by atoms with Crippen LogP contribution in [0.1, 0.15) is 31.2 Å². The summed E-state index contributed by atoms with van der Waals surface area (Å²) in [6, 6.07) is 6.07. The summed E-state index contributed by atoms with van der Waals surface area (Å²) in [5.74, 6) is 0. The first-order valence-corrected chi connectivity index (χ1v) is 9.75. The highest BCUT2D eigenvalue weighted by atomic mass is 35.5. The zero-order valence-corrected chi connectivity index (χ0v) is 14.1. The van der Waals surface area contributed by atoms with Gasteiger partial charge in [0.25, 0.3) is 0 Å². The van der Waals surface area contributed by atoms with Gasteiger partial charge >= 0.3 is 0 Å². The Bertz CT molecular complexity index is 662. The molecular formula is C14H17ClN2O2S2. The molecule has 0 aromatic heterocycles. The Hall–Kier alpha value is -0.740. The van der Waals surface area contributed by atoms with Crippen LogP contribution in [0, 0.1) is 11.3 Å². The topological polar surface area (TPSA) is 70.0 Å². The summed E-state index contributed by atoms with van der Waals surface area (Å²) in [4.78, 5) is 0.0979. The number of hydrogen-bond acceptors (Lipinski definition) is 4. The van der Waals surface area contributed by atoms with Gasteiger partial charge in [-0.2, -0.15) is 17.0 Å². The van der Waals surface area contributed by atoms with Crippen molar-refractivity contribution in [3.63, 3.8) is 0 Å². The summed E-state index contributed by atoms with van der Waals surface area (Å²) < 4.78 is 27.4. The predicted molar refractivity (Wildman–Crippen MR) is 86.1 cm³/mol. The van der Waals surface area contributed by atoms with Crippen molar-refractivity contribution in [2.24, 2.45) is 0 Å². The van der Waals surface area contributed by atoms with Gasteiger partial charge in [0.1, 0.15) is 6.07 Å². The van der Waals surface area contributed by atoms with Crippen molar-refractivity contribution in [2.45, 2.75) is 35.3 Å². The molecule has 0 atom stereocenters. The molecule has 0 heterocycles. The second-order valence-electron chi connectivity index (χ2n) is 5.17. The monoisotopic (exact) mass is 344 g/mol. The van der Waals surface area contributed by atoms with Crippen LogP contribution in [0.2, 0.25) is 5.02 Å². The molecule has 0 saturated heterocycles. The van der Waals surface area contributed by atoms with Crippen LogP contribution >= 0.6 is 23.4 Å². The molecule has 1 aliphatic carbocycles. The molecule has 2 rings (SSSR count). The van der Waals surface area contributed by atoms with E-state index in [2.05, 4.69) is 4.72 Å². The highest BCUT2D eigenvalue weighted by molar-refractivity contribution is 8.00. The van der Waals surface area contributed by atoms with Gasteiger partial charge in [-0.1, -0.05) is 24.4 Å². The lowest BCUT2D eigenvalue weighted by molar-refractivity contribution is 0.551. The quantitative estimate of drug-likeness (QED) is 0.890. The van der Waals surface area contributed by atoms with E-state index in [-0.39, 0.29) is 20.2 Å². The maximum Gasteiger partial charge on any atom is 0.240 e. The molecule has 1 aliphatic rings. The van der Waals surface area contributed by atoms with Gasteiger partial charge in [-0.25, -0.2) is 13.1 Å². The Morgan fingerprint density at radius 1 is 1.43 bits per heavy atom. The number of rotatable bonds is 5. The maximum atomic E-state index is 12.3. The van der Waals surface area contributed by atoms with Crippen LogP contribution in [0.4, 0.5) is 0 Å². The minimum absolute atomic E-state index is 0.00343. The van der Waals surface area contributed by atoms with Gasteiger partial charge in [-0.3, -0.25) is 0 Å². The number of nitrogens with one attached hydrogen (secondary N) is 1. The van der Waals surface area contributed by atoms with E-state index in [1.165, 1.54) is 18.2 Å². The summed E-state index contributed by atoms with van der Waals surface area (Å²) in [7, 11) is -3.60. The Labute approximate surface area is 134 Å². The van der Waals surface area contributed by atoms with Crippen LogP contribution in [0.3, 0.4) is 0 Å². The van der Waals surface area contributed by atoms with Crippen molar-refractivity contribution in [3.05, 3.63) is 28.8 Å². The van der Waals surface area contributed by atoms with Crippen molar-refractivity contribution in [3.8, 4) is 6.07 Å². The minimum atomic E-state index is -3.60. The van der Waals surface area contributed by atoms with Crippen molar-refractivity contribution >= 4 is 33.4 Å². The SMILES string of the molecule is CSC1(CNS(=O)(=O)c2ccc(C#N)c(Cl)c2)CCCC1. The third kappa shape index (κ3) is 3.72. The maximum absolute atomic E-state index is 12.3. The van der Waals surface area contributed by atoms with Gasteiger partial charge < -0.3 is 0 Å². The molecule has 1 fully saturated rings. The lowest BCUT2D eigenvalue weighted by atomic mass is 10.1. The molecule has 0 spiro atoms. The van der Waals surface area contributed by atoms with Gasteiger partial charge in [-0.15, -0.1) is 0 Å². The van der Waals surface area contributed by atoms with Gasteiger partial charge in [0.05, 0.1) is 15.5 Å². The Kier molecular flexibility index (Phi) is 5.20. The molecule has 1 saturated carbocycles. The summed E-state index contributed by atoms with van der Waals surface area (Å²) in [6.07, 6.45) is 6.38. The summed E-state index contributed by atoms with van der Waals surface area (Å²) in [5.41, 5.74) is 0.270. The third-order valence-electron chi connectivity index (χ3n) is 3.90. The molecule has 1 N–H and O–H groups in total. The average Bonchev–Trinajstić information content (AvgIpc) is 2.95. The van der Waals surface area contributed by atoms with Crippen LogP contribution in [0.5, 0.6) is 0 Å². The van der Waals surface area contributed by atoms with Crippen LogP contribution in [-0.2, 0) is 10.0 Å². The van der Waals surface area contributed by atoms with Crippen molar-refractivity contribution in [2.75, 3.05) is 12.8 Å². The van der Waals surface area contributed by atoms with Gasteiger partial charge in [0, 0.05) is 11.3 Å². The molecule has 0 aliphatic heterocycles. The van der Waals surface area contributed by atoms with Crippen molar-refractivity contribution in [1.29, 1.82) is 5.26 Å². The first kappa shape index (κ1) is 16.6. The molecule has 1 aromatic carbocycles. The number of hydrogen-bond donors (Lipinski definition) is 1. The van der Waals surface area contributed by atoms with Gasteiger partial charge in [0.2, 0.25) is 10.0 Å². The average molecular weight is 345 g/mol. The second-order valence-corrected chi connectivity index (χ2v) is 8.62. The largest absolute Gasteiger partial charge is 0.240 e. The molecule has 0 unspecified atom stereocenters. The summed E-state index contributed by atoms with van der Waals surface area (Å²) in [5, 5.41) is 8.98. The Morgan fingerprint density at radius 2 is 2.10 bits per heavy atom. The second kappa shape index (κ2) is 6.57. The number of nitrogens with zero attached hydrogens (tertiary/aromatic N) is 1. The molecular weight excluding hydrogens is 328 g/mol. The predicted octanol–water partition coefficient (Wildman–Crippen LogP) is 3.17. The molecule has 21 heavy (non-hydrogen) atoms. The molecule has 1 aromatic rings. The fraction of sp³-hybridized carbons (Fsp3) is 0.500. The smallest absolute Gasteiger partial charge is 0.210 e. The zero-order valence-electron chi connectivity index (χ0n) is 11.7. The zero-order chi connectivity index (χ0) is 15.5. The van der Waals surface area contributed by atoms with E-state index in [0.29, 0.717) is 6.54 Å². The van der Waals surface area contributed by atoms with Crippen LogP contribution < -0.4 is 4.72 Å². The third-order valence-corrected chi connectivity index (χ3v) is 7.03. The normalized spacial score (nSPS) is 17.6. The van der Waals surface area contributed by atoms with Crippen LogP contribution in [-0.4, -0.2) is 26.0 Å². The number of nitriles is 1. The van der Waals surface area contributed by atoms with E-state index >= 15 is 0 Å². The summed E-state index contributed by atoms with van der Waals surface area (Å²) >= 11 is 7.63. The molecule has 0 radical (unpaired) electrons. The molecule has 4 nitrogen and oxygen atoms in total. The minimum Gasteiger partial charge on any atom is -0.210 e. The number of sulfonamides is 1. The fourth-order valence-corrected chi connectivity index (χ4v) is 4.98. The Morgan fingerprint density at radius 3 is 2.62 bits per heavy atom. The van der Waals surface area contributed by atoms with E-state index < -0.39 is 10.0 Å². The van der Waals surface area contributed by atoms with Gasteiger partial charge in [0.15, 0.2) is 0 Å². The fourth-order valence-electron chi connectivity index (χ4n) is 2.54. The first-order chi connectivity index (χ1) is 9.92. The Balaban J connectivity index is 2.15. The number of halogens is 1. The van der Waals surface area contributed by atoms with Gasteiger partial charge in [-0.05, 0) is 37.3 Å². The standard InChI is InChI=1S/C14H17ClN2O2S2/c1-20-14(6-2-3-7-14)10-17-21(18,19)12-5-4-11(9-16)13(15)8-12/h4-5,8,17H,2-3,6-7,10H2,1H3. The first-order valence-electron chi connectivity index (χ1n) is 6.67. The van der Waals surface area contributed by atoms with E-state index in [1.54, 1.807) is 11.8 Å². The van der Waals surface area contributed by atoms with Crippen molar-refractivity contribution < 1.29 is 8.42 Å².